The molecular weight excluding hydrogens is 234 g/mol. The molecule has 2 rings (SSSR count). The number of carbonyl (C=O) groups is 1. The van der Waals surface area contributed by atoms with E-state index >= 15 is 0 Å². The molecule has 0 bridgehead atoms. The number of hydrogen-bond acceptors (Lipinski definition) is 1. The topological polar surface area (TPSA) is 17.1 Å². The lowest BCUT2D eigenvalue weighted by Crippen LogP contribution is -2.14. The standard InChI is InChI=1S/C15H12F2O/c16-13(11-7-3-1-4-8-11)15(18)14(17)12-9-5-2-6-10-12/h1-10,13-14H. The Morgan fingerprint density at radius 1 is 0.722 bits per heavy atom. The zero-order valence-corrected chi connectivity index (χ0v) is 9.59. The van der Waals surface area contributed by atoms with Crippen LogP contribution in [-0.2, 0) is 4.79 Å². The van der Waals surface area contributed by atoms with Gasteiger partial charge in [0.1, 0.15) is 0 Å². The molecule has 0 heterocycles. The summed E-state index contributed by atoms with van der Waals surface area (Å²) in [6.45, 7) is 0. The highest BCUT2D eigenvalue weighted by molar-refractivity contribution is 5.89. The SMILES string of the molecule is O=C(C(F)c1ccccc1)C(F)c1ccccc1. The Morgan fingerprint density at radius 2 is 1.06 bits per heavy atom. The Kier molecular flexibility index (Phi) is 3.82. The molecule has 0 aliphatic heterocycles. The number of rotatable bonds is 4. The third kappa shape index (κ3) is 2.62. The van der Waals surface area contributed by atoms with E-state index in [1.165, 1.54) is 24.3 Å². The highest BCUT2D eigenvalue weighted by Crippen LogP contribution is 2.28. The minimum Gasteiger partial charge on any atom is -0.292 e. The van der Waals surface area contributed by atoms with Crippen molar-refractivity contribution < 1.29 is 13.6 Å². The smallest absolute Gasteiger partial charge is 0.210 e. The monoisotopic (exact) mass is 246 g/mol. The summed E-state index contributed by atoms with van der Waals surface area (Å²) < 4.78 is 27.8. The highest BCUT2D eigenvalue weighted by atomic mass is 19.1. The van der Waals surface area contributed by atoms with E-state index in [1.54, 1.807) is 36.4 Å². The largest absolute Gasteiger partial charge is 0.292 e. The number of hydrogen-bond donors (Lipinski definition) is 0. The maximum absolute atomic E-state index is 13.9. The van der Waals surface area contributed by atoms with E-state index < -0.39 is 18.1 Å². The molecule has 0 aliphatic rings. The molecule has 0 saturated heterocycles. The Morgan fingerprint density at radius 3 is 1.39 bits per heavy atom. The molecular formula is C15H12F2O. The maximum atomic E-state index is 13.9. The van der Waals surface area contributed by atoms with E-state index in [1.807, 2.05) is 0 Å². The van der Waals surface area contributed by atoms with Gasteiger partial charge in [-0.2, -0.15) is 0 Å². The highest BCUT2D eigenvalue weighted by Gasteiger charge is 2.28. The van der Waals surface area contributed by atoms with E-state index in [-0.39, 0.29) is 11.1 Å². The summed E-state index contributed by atoms with van der Waals surface area (Å²) in [5, 5.41) is 0. The van der Waals surface area contributed by atoms with Crippen LogP contribution in [0.2, 0.25) is 0 Å². The van der Waals surface area contributed by atoms with Gasteiger partial charge in [-0.05, 0) is 11.1 Å². The maximum Gasteiger partial charge on any atom is 0.210 e. The number of halogens is 2. The van der Waals surface area contributed by atoms with Crippen LogP contribution in [0.3, 0.4) is 0 Å². The third-order valence-electron chi connectivity index (χ3n) is 2.68. The summed E-state index contributed by atoms with van der Waals surface area (Å²) in [6.07, 6.45) is -3.86. The molecule has 1 nitrogen and oxygen atoms in total. The van der Waals surface area contributed by atoms with Gasteiger partial charge in [0.05, 0.1) is 0 Å². The number of ketones is 1. The van der Waals surface area contributed by atoms with E-state index in [2.05, 4.69) is 0 Å². The fourth-order valence-corrected chi connectivity index (χ4v) is 1.70. The molecule has 2 unspecified atom stereocenters. The first-order chi connectivity index (χ1) is 8.70. The Bertz CT molecular complexity index is 463. The van der Waals surface area contributed by atoms with Gasteiger partial charge in [0.15, 0.2) is 12.3 Å². The second-order valence-electron chi connectivity index (χ2n) is 3.95. The number of alkyl halides is 2. The molecule has 0 fully saturated rings. The molecule has 0 amide bonds. The fraction of sp³-hybridized carbons (Fsp3) is 0.133. The predicted molar refractivity (Wildman–Crippen MR) is 65.6 cm³/mol. The summed E-state index contributed by atoms with van der Waals surface area (Å²) in [7, 11) is 0. The molecule has 92 valence electrons. The van der Waals surface area contributed by atoms with Crippen molar-refractivity contribution in [3.63, 3.8) is 0 Å². The second kappa shape index (κ2) is 5.54. The number of Topliss-reactive ketones (excluding diaryl/α,β-unsaturated/α-hetero) is 1. The molecule has 0 aliphatic carbocycles. The molecule has 3 heteroatoms. The van der Waals surface area contributed by atoms with Crippen molar-refractivity contribution in [2.45, 2.75) is 12.3 Å². The van der Waals surface area contributed by atoms with E-state index in [0.29, 0.717) is 0 Å². The van der Waals surface area contributed by atoms with Crippen molar-refractivity contribution in [2.24, 2.45) is 0 Å². The van der Waals surface area contributed by atoms with Gasteiger partial charge in [0.2, 0.25) is 5.78 Å². The zero-order valence-electron chi connectivity index (χ0n) is 9.59. The molecule has 2 atom stereocenters. The van der Waals surface area contributed by atoms with Gasteiger partial charge in [-0.3, -0.25) is 4.79 Å². The Hall–Kier alpha value is -2.03. The van der Waals surface area contributed by atoms with Crippen LogP contribution in [0.5, 0.6) is 0 Å². The molecule has 2 aromatic rings. The van der Waals surface area contributed by atoms with Gasteiger partial charge in [-0.15, -0.1) is 0 Å². The van der Waals surface area contributed by atoms with Crippen molar-refractivity contribution in [2.75, 3.05) is 0 Å². The van der Waals surface area contributed by atoms with E-state index in [4.69, 9.17) is 0 Å². The Balaban J connectivity index is 2.17. The zero-order chi connectivity index (χ0) is 13.0. The summed E-state index contributed by atoms with van der Waals surface area (Å²) in [5.41, 5.74) is 0.363. The average Bonchev–Trinajstić information content (AvgIpc) is 2.47. The average molecular weight is 246 g/mol. The molecule has 0 spiro atoms. The minimum atomic E-state index is -1.93. The van der Waals surface area contributed by atoms with Crippen molar-refractivity contribution in [1.29, 1.82) is 0 Å². The van der Waals surface area contributed by atoms with Crippen LogP contribution < -0.4 is 0 Å². The third-order valence-corrected chi connectivity index (χ3v) is 2.68. The Labute approximate surface area is 104 Å². The predicted octanol–water partition coefficient (Wildman–Crippen LogP) is 3.98. The molecule has 0 N–H and O–H groups in total. The lowest BCUT2D eigenvalue weighted by molar-refractivity contribution is -0.129. The molecule has 0 saturated carbocycles. The van der Waals surface area contributed by atoms with Crippen LogP contribution in [0.25, 0.3) is 0 Å². The number of benzene rings is 2. The lowest BCUT2D eigenvalue weighted by Gasteiger charge is -2.11. The van der Waals surface area contributed by atoms with Crippen molar-refractivity contribution in [3.8, 4) is 0 Å². The fourth-order valence-electron chi connectivity index (χ4n) is 1.70. The van der Waals surface area contributed by atoms with Gasteiger partial charge in [-0.25, -0.2) is 8.78 Å². The first-order valence-corrected chi connectivity index (χ1v) is 5.62. The normalized spacial score (nSPS) is 13.9. The summed E-state index contributed by atoms with van der Waals surface area (Å²) in [6, 6.07) is 15.8. The van der Waals surface area contributed by atoms with Crippen LogP contribution in [-0.4, -0.2) is 5.78 Å². The summed E-state index contributed by atoms with van der Waals surface area (Å²) >= 11 is 0. The lowest BCUT2D eigenvalue weighted by atomic mass is 9.99. The quantitative estimate of drug-likeness (QED) is 0.797. The summed E-state index contributed by atoms with van der Waals surface area (Å²) in [5.74, 6) is -1.06. The van der Waals surface area contributed by atoms with Gasteiger partial charge in [0.25, 0.3) is 0 Å². The van der Waals surface area contributed by atoms with E-state index in [9.17, 15) is 13.6 Å². The first-order valence-electron chi connectivity index (χ1n) is 5.62. The van der Waals surface area contributed by atoms with Gasteiger partial charge in [-0.1, -0.05) is 60.7 Å². The van der Waals surface area contributed by atoms with E-state index in [0.717, 1.165) is 0 Å². The molecule has 18 heavy (non-hydrogen) atoms. The van der Waals surface area contributed by atoms with Gasteiger partial charge < -0.3 is 0 Å². The minimum absolute atomic E-state index is 0.182. The van der Waals surface area contributed by atoms with Crippen LogP contribution in [0, 0.1) is 0 Å². The van der Waals surface area contributed by atoms with Crippen LogP contribution in [0.4, 0.5) is 8.78 Å². The molecule has 0 aromatic heterocycles. The number of carbonyl (C=O) groups excluding carboxylic acids is 1. The van der Waals surface area contributed by atoms with Crippen LogP contribution in [0.1, 0.15) is 23.5 Å². The van der Waals surface area contributed by atoms with Crippen molar-refractivity contribution >= 4 is 5.78 Å². The van der Waals surface area contributed by atoms with Crippen molar-refractivity contribution in [3.05, 3.63) is 71.8 Å². The molecule has 0 radical (unpaired) electrons. The van der Waals surface area contributed by atoms with Gasteiger partial charge in [0, 0.05) is 0 Å². The van der Waals surface area contributed by atoms with Crippen LogP contribution in [0.15, 0.2) is 60.7 Å². The van der Waals surface area contributed by atoms with Crippen molar-refractivity contribution in [1.82, 2.24) is 0 Å². The summed E-state index contributed by atoms with van der Waals surface area (Å²) in [4.78, 5) is 11.7. The van der Waals surface area contributed by atoms with Gasteiger partial charge >= 0.3 is 0 Å². The second-order valence-corrected chi connectivity index (χ2v) is 3.95. The molecule has 2 aromatic carbocycles. The first kappa shape index (κ1) is 12.4. The van der Waals surface area contributed by atoms with Crippen LogP contribution >= 0.6 is 0 Å².